The Balaban J connectivity index is 2.02. The summed E-state index contributed by atoms with van der Waals surface area (Å²) < 4.78 is 5.49. The Morgan fingerprint density at radius 1 is 1.00 bits per heavy atom. The molecule has 0 aliphatic carbocycles. The van der Waals surface area contributed by atoms with Crippen molar-refractivity contribution < 1.29 is 14.6 Å². The number of fused-ring (bicyclic) bond motifs is 3. The average Bonchev–Trinajstić information content (AvgIpc) is 3.00. The van der Waals surface area contributed by atoms with Gasteiger partial charge in [0.25, 0.3) is 0 Å². The summed E-state index contributed by atoms with van der Waals surface area (Å²) in [7, 11) is 1.60. The lowest BCUT2D eigenvalue weighted by molar-refractivity contribution is 0.0698. The van der Waals surface area contributed by atoms with Gasteiger partial charge in [0.15, 0.2) is 0 Å². The molecule has 0 atom stereocenters. The number of carboxylic acids is 1. The van der Waals surface area contributed by atoms with Crippen LogP contribution in [0.25, 0.3) is 21.7 Å². The number of benzene rings is 3. The first-order valence-electron chi connectivity index (χ1n) is 8.06. The Hall–Kier alpha value is -3.27. The number of hydrogen-bond donors (Lipinski definition) is 2. The minimum atomic E-state index is -0.936. The maximum absolute atomic E-state index is 12.0. The number of hydrogen-bond acceptors (Lipinski definition) is 2. The molecule has 0 spiro atoms. The molecule has 1 heterocycles. The Bertz CT molecular complexity index is 1080. The van der Waals surface area contributed by atoms with Gasteiger partial charge in [0.1, 0.15) is 5.75 Å². The molecule has 0 fully saturated rings. The highest BCUT2D eigenvalue weighted by molar-refractivity contribution is 6.15. The van der Waals surface area contributed by atoms with Crippen molar-refractivity contribution in [2.24, 2.45) is 0 Å². The summed E-state index contributed by atoms with van der Waals surface area (Å²) in [6.07, 6.45) is 0.536. The van der Waals surface area contributed by atoms with Crippen molar-refractivity contribution in [3.8, 4) is 5.75 Å². The van der Waals surface area contributed by atoms with E-state index in [9.17, 15) is 9.90 Å². The molecule has 4 rings (SSSR count). The van der Waals surface area contributed by atoms with E-state index in [0.717, 1.165) is 21.9 Å². The predicted molar refractivity (Wildman–Crippen MR) is 98.6 cm³/mol. The molecule has 2 N–H and O–H groups in total. The van der Waals surface area contributed by atoms with Gasteiger partial charge in [-0.05, 0) is 11.6 Å². The zero-order valence-electron chi connectivity index (χ0n) is 13.7. The highest BCUT2D eigenvalue weighted by Gasteiger charge is 2.21. The van der Waals surface area contributed by atoms with Gasteiger partial charge in [-0.25, -0.2) is 4.79 Å². The summed E-state index contributed by atoms with van der Waals surface area (Å²) in [4.78, 5) is 15.3. The Morgan fingerprint density at radius 3 is 2.36 bits per heavy atom. The van der Waals surface area contributed by atoms with E-state index in [1.54, 1.807) is 7.11 Å². The largest absolute Gasteiger partial charge is 0.496 e. The molecule has 25 heavy (non-hydrogen) atoms. The van der Waals surface area contributed by atoms with Crippen LogP contribution in [0.5, 0.6) is 5.75 Å². The number of aromatic carboxylic acids is 1. The number of carbonyl (C=O) groups is 1. The maximum atomic E-state index is 12.0. The van der Waals surface area contributed by atoms with Crippen LogP contribution in [0, 0.1) is 0 Å². The fraction of sp³-hybridized carbons (Fsp3) is 0.0952. The van der Waals surface area contributed by atoms with Crippen molar-refractivity contribution >= 4 is 27.6 Å². The Labute approximate surface area is 144 Å². The number of H-pyrrole nitrogens is 1. The van der Waals surface area contributed by atoms with Crippen LogP contribution in [0.15, 0.2) is 60.7 Å². The summed E-state index contributed by atoms with van der Waals surface area (Å²) in [5.74, 6) is -0.259. The smallest absolute Gasteiger partial charge is 0.338 e. The van der Waals surface area contributed by atoms with Crippen LogP contribution in [-0.2, 0) is 6.42 Å². The van der Waals surface area contributed by atoms with Gasteiger partial charge in [-0.15, -0.1) is 0 Å². The van der Waals surface area contributed by atoms with E-state index in [0.29, 0.717) is 28.8 Å². The second-order valence-corrected chi connectivity index (χ2v) is 5.99. The van der Waals surface area contributed by atoms with Gasteiger partial charge in [0.2, 0.25) is 0 Å². The molecule has 4 heteroatoms. The minimum Gasteiger partial charge on any atom is -0.496 e. The lowest BCUT2D eigenvalue weighted by atomic mass is 10.0. The van der Waals surface area contributed by atoms with Crippen LogP contribution in [0.3, 0.4) is 0 Å². The monoisotopic (exact) mass is 331 g/mol. The first-order chi connectivity index (χ1) is 12.2. The molecular weight excluding hydrogens is 314 g/mol. The highest BCUT2D eigenvalue weighted by atomic mass is 16.5. The summed E-state index contributed by atoms with van der Waals surface area (Å²) in [6.45, 7) is 0. The van der Waals surface area contributed by atoms with Crippen LogP contribution in [-0.4, -0.2) is 23.2 Å². The molecule has 0 unspecified atom stereocenters. The van der Waals surface area contributed by atoms with Crippen molar-refractivity contribution in [1.29, 1.82) is 0 Å². The standard InChI is InChI=1S/C21H17NO3/c1-25-18-12-16-19(21(23)24)17(11-13-7-3-2-4-8-13)22-20(16)15-10-6-5-9-14(15)18/h2-10,12,22H,11H2,1H3,(H,23,24). The van der Waals surface area contributed by atoms with E-state index in [2.05, 4.69) is 4.98 Å². The van der Waals surface area contributed by atoms with Crippen LogP contribution in [0.4, 0.5) is 0 Å². The highest BCUT2D eigenvalue weighted by Crippen LogP contribution is 2.36. The molecule has 0 radical (unpaired) electrons. The summed E-state index contributed by atoms with van der Waals surface area (Å²) in [5.41, 5.74) is 2.91. The normalized spacial score (nSPS) is 11.1. The van der Waals surface area contributed by atoms with E-state index in [-0.39, 0.29) is 0 Å². The first kappa shape index (κ1) is 15.3. The second-order valence-electron chi connectivity index (χ2n) is 5.99. The third kappa shape index (κ3) is 2.52. The predicted octanol–water partition coefficient (Wildman–Crippen LogP) is 4.62. The van der Waals surface area contributed by atoms with Gasteiger partial charge in [0.05, 0.1) is 18.2 Å². The van der Waals surface area contributed by atoms with Crippen LogP contribution < -0.4 is 4.74 Å². The number of methoxy groups -OCH3 is 1. The van der Waals surface area contributed by atoms with Gasteiger partial charge in [-0.3, -0.25) is 0 Å². The fourth-order valence-electron chi connectivity index (χ4n) is 3.40. The Morgan fingerprint density at radius 2 is 1.68 bits per heavy atom. The topological polar surface area (TPSA) is 62.3 Å². The summed E-state index contributed by atoms with van der Waals surface area (Å²) in [6, 6.07) is 19.5. The molecule has 1 aromatic heterocycles. The second kappa shape index (κ2) is 5.98. The van der Waals surface area contributed by atoms with E-state index in [4.69, 9.17) is 4.74 Å². The molecule has 4 aromatic rings. The van der Waals surface area contributed by atoms with Gasteiger partial charge in [-0.2, -0.15) is 0 Å². The molecule has 124 valence electrons. The van der Waals surface area contributed by atoms with Gasteiger partial charge >= 0.3 is 5.97 Å². The third-order valence-corrected chi connectivity index (χ3v) is 4.51. The van der Waals surface area contributed by atoms with Crippen LogP contribution in [0.2, 0.25) is 0 Å². The molecule has 0 saturated carbocycles. The SMILES string of the molecule is COc1cc2c(C(=O)O)c(Cc3ccccc3)[nH]c2c2ccccc12. The van der Waals surface area contributed by atoms with Gasteiger partial charge in [0, 0.05) is 28.3 Å². The zero-order valence-corrected chi connectivity index (χ0v) is 13.7. The Kier molecular flexibility index (Phi) is 3.65. The average molecular weight is 331 g/mol. The van der Waals surface area contributed by atoms with Crippen LogP contribution >= 0.6 is 0 Å². The number of aromatic amines is 1. The number of aromatic nitrogens is 1. The quantitative estimate of drug-likeness (QED) is 0.573. The number of nitrogens with one attached hydrogen (secondary N) is 1. The van der Waals surface area contributed by atoms with Crippen LogP contribution in [0.1, 0.15) is 21.6 Å². The number of rotatable bonds is 4. The van der Waals surface area contributed by atoms with Crippen molar-refractivity contribution in [1.82, 2.24) is 4.98 Å². The van der Waals surface area contributed by atoms with Crippen molar-refractivity contribution in [3.63, 3.8) is 0 Å². The van der Waals surface area contributed by atoms with Crippen molar-refractivity contribution in [3.05, 3.63) is 77.5 Å². The fourth-order valence-corrected chi connectivity index (χ4v) is 3.40. The van der Waals surface area contributed by atoms with E-state index >= 15 is 0 Å². The molecule has 0 amide bonds. The molecular formula is C21H17NO3. The summed E-state index contributed by atoms with van der Waals surface area (Å²) in [5, 5.41) is 12.4. The maximum Gasteiger partial charge on any atom is 0.338 e. The van der Waals surface area contributed by atoms with Gasteiger partial charge in [-0.1, -0.05) is 54.6 Å². The molecule has 3 aromatic carbocycles. The molecule has 0 aliphatic rings. The number of ether oxygens (including phenoxy) is 1. The molecule has 0 saturated heterocycles. The lowest BCUT2D eigenvalue weighted by Gasteiger charge is -2.07. The minimum absolute atomic E-state index is 0.308. The van der Waals surface area contributed by atoms with E-state index in [1.807, 2.05) is 60.7 Å². The lowest BCUT2D eigenvalue weighted by Crippen LogP contribution is -2.01. The number of carboxylic acid groups (broad SMARTS) is 1. The zero-order chi connectivity index (χ0) is 17.4. The first-order valence-corrected chi connectivity index (χ1v) is 8.06. The van der Waals surface area contributed by atoms with Crippen molar-refractivity contribution in [2.75, 3.05) is 7.11 Å². The van der Waals surface area contributed by atoms with E-state index in [1.165, 1.54) is 0 Å². The van der Waals surface area contributed by atoms with Crippen molar-refractivity contribution in [2.45, 2.75) is 6.42 Å². The van der Waals surface area contributed by atoms with Gasteiger partial charge < -0.3 is 14.8 Å². The third-order valence-electron chi connectivity index (χ3n) is 4.51. The summed E-state index contributed by atoms with van der Waals surface area (Å²) >= 11 is 0. The molecule has 4 nitrogen and oxygen atoms in total. The molecule has 0 aliphatic heterocycles. The van der Waals surface area contributed by atoms with E-state index < -0.39 is 5.97 Å². The molecule has 0 bridgehead atoms.